The van der Waals surface area contributed by atoms with E-state index < -0.39 is 12.2 Å². The van der Waals surface area contributed by atoms with Gasteiger partial charge in [0.2, 0.25) is 0 Å². The zero-order chi connectivity index (χ0) is 10.6. The lowest BCUT2D eigenvalue weighted by atomic mass is 10.0. The Balaban J connectivity index is 2.78. The van der Waals surface area contributed by atoms with Gasteiger partial charge in [-0.25, -0.2) is 0 Å². The van der Waals surface area contributed by atoms with Crippen molar-refractivity contribution in [1.82, 2.24) is 4.98 Å². The lowest BCUT2D eigenvalue weighted by molar-refractivity contribution is 0.0143. The number of aliphatic hydroxyl groups excluding tert-OH is 2. The van der Waals surface area contributed by atoms with E-state index in [1.165, 1.54) is 0 Å². The molecule has 3 nitrogen and oxygen atoms in total. The van der Waals surface area contributed by atoms with E-state index in [-0.39, 0.29) is 0 Å². The second-order valence-electron chi connectivity index (χ2n) is 3.23. The highest BCUT2D eigenvalue weighted by Crippen LogP contribution is 2.19. The average Bonchev–Trinajstić information content (AvgIpc) is 2.18. The number of aryl methyl sites for hydroxylation is 1. The van der Waals surface area contributed by atoms with Crippen molar-refractivity contribution in [2.75, 3.05) is 5.75 Å². The molecule has 2 unspecified atom stereocenters. The number of hydrogen-bond donors (Lipinski definition) is 3. The minimum Gasteiger partial charge on any atom is -0.390 e. The van der Waals surface area contributed by atoms with Crippen LogP contribution in [0.5, 0.6) is 0 Å². The third-order valence-corrected chi connectivity index (χ3v) is 2.38. The van der Waals surface area contributed by atoms with Crippen molar-refractivity contribution in [3.05, 3.63) is 29.6 Å². The summed E-state index contributed by atoms with van der Waals surface area (Å²) in [6.45, 7) is 1.86. The van der Waals surface area contributed by atoms with Crippen LogP contribution in [0, 0.1) is 6.92 Å². The van der Waals surface area contributed by atoms with Crippen molar-refractivity contribution in [1.29, 1.82) is 0 Å². The predicted molar refractivity (Wildman–Crippen MR) is 58.4 cm³/mol. The molecule has 1 aromatic heterocycles. The van der Waals surface area contributed by atoms with Crippen LogP contribution in [-0.4, -0.2) is 27.1 Å². The number of nitrogens with zero attached hydrogens (tertiary/aromatic N) is 1. The molecule has 0 radical (unpaired) electrons. The van der Waals surface area contributed by atoms with Crippen LogP contribution >= 0.6 is 12.6 Å². The van der Waals surface area contributed by atoms with E-state index in [9.17, 15) is 10.2 Å². The summed E-state index contributed by atoms with van der Waals surface area (Å²) in [5.74, 6) is 0.546. The van der Waals surface area contributed by atoms with Crippen molar-refractivity contribution in [2.24, 2.45) is 0 Å². The summed E-state index contributed by atoms with van der Waals surface area (Å²) < 4.78 is 0. The standard InChI is InChI=1S/C10H15NO2S/c1-7-3-2-5-11-9(7)10(13)8(12)4-6-14/h2-3,5,8,10,12-14H,4,6H2,1H3. The van der Waals surface area contributed by atoms with Gasteiger partial charge >= 0.3 is 0 Å². The maximum absolute atomic E-state index is 9.75. The molecule has 0 amide bonds. The predicted octanol–water partition coefficient (Wildman–Crippen LogP) is 1.10. The molecule has 2 atom stereocenters. The summed E-state index contributed by atoms with van der Waals surface area (Å²) in [6.07, 6.45) is 0.364. The van der Waals surface area contributed by atoms with Crippen LogP contribution in [0.2, 0.25) is 0 Å². The molecule has 4 heteroatoms. The second-order valence-corrected chi connectivity index (χ2v) is 3.68. The Kier molecular flexibility index (Phi) is 4.38. The average molecular weight is 213 g/mol. The summed E-state index contributed by atoms with van der Waals surface area (Å²) in [5.41, 5.74) is 1.43. The van der Waals surface area contributed by atoms with Gasteiger partial charge in [-0.05, 0) is 30.7 Å². The van der Waals surface area contributed by atoms with E-state index in [0.29, 0.717) is 17.9 Å². The third-order valence-electron chi connectivity index (χ3n) is 2.12. The molecular formula is C10H15NO2S. The summed E-state index contributed by atoms with van der Waals surface area (Å²) in [5, 5.41) is 19.3. The number of pyridine rings is 1. The Bertz CT molecular complexity index is 293. The minimum absolute atomic E-state index is 0.459. The first-order valence-corrected chi connectivity index (χ1v) is 5.18. The van der Waals surface area contributed by atoms with Gasteiger partial charge in [-0.3, -0.25) is 4.98 Å². The normalized spacial score (nSPS) is 15.1. The Morgan fingerprint density at radius 3 is 2.79 bits per heavy atom. The molecule has 14 heavy (non-hydrogen) atoms. The van der Waals surface area contributed by atoms with Crippen LogP contribution in [0.1, 0.15) is 23.8 Å². The smallest absolute Gasteiger partial charge is 0.122 e. The van der Waals surface area contributed by atoms with Crippen molar-refractivity contribution in [3.63, 3.8) is 0 Å². The molecule has 0 aromatic carbocycles. The van der Waals surface area contributed by atoms with E-state index >= 15 is 0 Å². The van der Waals surface area contributed by atoms with Gasteiger partial charge in [0.15, 0.2) is 0 Å². The maximum Gasteiger partial charge on any atom is 0.122 e. The van der Waals surface area contributed by atoms with Crippen molar-refractivity contribution in [3.8, 4) is 0 Å². The first kappa shape index (κ1) is 11.5. The van der Waals surface area contributed by atoms with Gasteiger partial charge < -0.3 is 10.2 Å². The molecule has 1 rings (SSSR count). The Hall–Kier alpha value is -0.580. The monoisotopic (exact) mass is 213 g/mol. The third kappa shape index (κ3) is 2.70. The van der Waals surface area contributed by atoms with Gasteiger partial charge in [0.1, 0.15) is 6.10 Å². The fourth-order valence-corrected chi connectivity index (χ4v) is 1.54. The molecule has 2 N–H and O–H groups in total. The van der Waals surface area contributed by atoms with Gasteiger partial charge in [-0.1, -0.05) is 6.07 Å². The SMILES string of the molecule is Cc1cccnc1C(O)C(O)CCS. The molecule has 0 aliphatic heterocycles. The highest BCUT2D eigenvalue weighted by atomic mass is 32.1. The van der Waals surface area contributed by atoms with Crippen molar-refractivity contribution < 1.29 is 10.2 Å². The zero-order valence-electron chi connectivity index (χ0n) is 8.09. The molecule has 0 spiro atoms. The Morgan fingerprint density at radius 1 is 1.50 bits per heavy atom. The summed E-state index contributed by atoms with van der Waals surface area (Å²) in [4.78, 5) is 4.05. The molecule has 78 valence electrons. The molecule has 0 aliphatic carbocycles. The Morgan fingerprint density at radius 2 is 2.21 bits per heavy atom. The minimum atomic E-state index is -0.914. The number of rotatable bonds is 4. The number of aromatic nitrogens is 1. The fourth-order valence-electron chi connectivity index (χ4n) is 1.28. The van der Waals surface area contributed by atoms with Crippen LogP contribution in [0.25, 0.3) is 0 Å². The number of thiol groups is 1. The molecule has 0 saturated heterocycles. The molecule has 0 bridgehead atoms. The van der Waals surface area contributed by atoms with Crippen LogP contribution in [0.3, 0.4) is 0 Å². The van der Waals surface area contributed by atoms with Gasteiger partial charge in [-0.15, -0.1) is 0 Å². The molecular weight excluding hydrogens is 198 g/mol. The quantitative estimate of drug-likeness (QED) is 0.657. The highest BCUT2D eigenvalue weighted by Gasteiger charge is 2.19. The molecule has 1 heterocycles. The molecule has 0 aliphatic rings. The van der Waals surface area contributed by atoms with Crippen LogP contribution in [0.4, 0.5) is 0 Å². The van der Waals surface area contributed by atoms with Gasteiger partial charge in [0.25, 0.3) is 0 Å². The van der Waals surface area contributed by atoms with E-state index in [2.05, 4.69) is 17.6 Å². The first-order chi connectivity index (χ1) is 6.66. The molecule has 0 fully saturated rings. The van der Waals surface area contributed by atoms with Crippen molar-refractivity contribution >= 4 is 12.6 Å². The second kappa shape index (κ2) is 5.34. The van der Waals surface area contributed by atoms with E-state index in [1.54, 1.807) is 12.3 Å². The lowest BCUT2D eigenvalue weighted by Crippen LogP contribution is -2.20. The summed E-state index contributed by atoms with van der Waals surface area (Å²) in [7, 11) is 0. The van der Waals surface area contributed by atoms with Gasteiger partial charge in [0.05, 0.1) is 11.8 Å². The molecule has 1 aromatic rings. The summed E-state index contributed by atoms with van der Waals surface area (Å²) >= 11 is 4.00. The fraction of sp³-hybridized carbons (Fsp3) is 0.500. The van der Waals surface area contributed by atoms with E-state index in [4.69, 9.17) is 0 Å². The van der Waals surface area contributed by atoms with Gasteiger partial charge in [-0.2, -0.15) is 12.6 Å². The lowest BCUT2D eigenvalue weighted by Gasteiger charge is -2.17. The van der Waals surface area contributed by atoms with E-state index in [1.807, 2.05) is 13.0 Å². The number of aliphatic hydroxyl groups is 2. The topological polar surface area (TPSA) is 53.4 Å². The largest absolute Gasteiger partial charge is 0.390 e. The first-order valence-electron chi connectivity index (χ1n) is 4.55. The van der Waals surface area contributed by atoms with E-state index in [0.717, 1.165) is 5.56 Å². The Labute approximate surface area is 89.2 Å². The van der Waals surface area contributed by atoms with Crippen LogP contribution < -0.4 is 0 Å². The van der Waals surface area contributed by atoms with Gasteiger partial charge in [0, 0.05) is 6.20 Å². The number of hydrogen-bond acceptors (Lipinski definition) is 4. The van der Waals surface area contributed by atoms with Crippen LogP contribution in [0.15, 0.2) is 18.3 Å². The molecule has 0 saturated carbocycles. The zero-order valence-corrected chi connectivity index (χ0v) is 8.98. The maximum atomic E-state index is 9.75. The highest BCUT2D eigenvalue weighted by molar-refractivity contribution is 7.80. The van der Waals surface area contributed by atoms with Crippen molar-refractivity contribution in [2.45, 2.75) is 25.6 Å². The van der Waals surface area contributed by atoms with Crippen LogP contribution in [-0.2, 0) is 0 Å². The summed E-state index contributed by atoms with van der Waals surface area (Å²) in [6, 6.07) is 3.66.